The van der Waals surface area contributed by atoms with Crippen LogP contribution in [-0.4, -0.2) is 35.7 Å². The Kier molecular flexibility index (Phi) is 6.24. The summed E-state index contributed by atoms with van der Waals surface area (Å²) in [5.41, 5.74) is 0. The predicted octanol–water partition coefficient (Wildman–Crippen LogP) is -3.75. The van der Waals surface area contributed by atoms with Gasteiger partial charge in [0.15, 0.2) is 0 Å². The number of hydrogen-bond acceptors (Lipinski definition) is 4. The van der Waals surface area contributed by atoms with Crippen LogP contribution in [0.15, 0.2) is 0 Å². The molecule has 0 radical (unpaired) electrons. The van der Waals surface area contributed by atoms with Crippen molar-refractivity contribution in [3.8, 4) is 0 Å². The van der Waals surface area contributed by atoms with Crippen molar-refractivity contribution in [2.24, 2.45) is 0 Å². The van der Waals surface area contributed by atoms with Gasteiger partial charge in [0.25, 0.3) is 6.43 Å². The van der Waals surface area contributed by atoms with Crippen LogP contribution in [0.4, 0.5) is 8.78 Å². The first-order valence-corrected chi connectivity index (χ1v) is 3.69. The molecule has 0 amide bonds. The van der Waals surface area contributed by atoms with Crippen LogP contribution in [0, 0.1) is 0 Å². The van der Waals surface area contributed by atoms with E-state index in [1.807, 2.05) is 0 Å². The monoisotopic (exact) mass is 212 g/mol. The van der Waals surface area contributed by atoms with E-state index in [1.165, 1.54) is 0 Å². The average molecular weight is 212 g/mol. The minimum absolute atomic E-state index is 0. The molecule has 5 nitrogen and oxygen atoms in total. The zero-order valence-electron chi connectivity index (χ0n) is 5.90. The fraction of sp³-hybridized carbons (Fsp3) is 0.667. The standard InChI is InChI=1S/C3H4F2O5S.Na/c4-2(5)1(3(6)7)11(8,9)10;/h1-2H,(H,6,7)(H,8,9,10);/q;+1/p-1. The molecule has 0 aliphatic heterocycles. The second kappa shape index (κ2) is 5.07. The molecule has 0 saturated heterocycles. The van der Waals surface area contributed by atoms with Gasteiger partial charge in [0.05, 0.1) is 0 Å². The van der Waals surface area contributed by atoms with Crippen molar-refractivity contribution in [2.75, 3.05) is 0 Å². The van der Waals surface area contributed by atoms with Gasteiger partial charge in [-0.2, -0.15) is 0 Å². The minimum atomic E-state index is -5.46. The normalized spacial score (nSPS) is 13.7. The summed E-state index contributed by atoms with van der Waals surface area (Å²) in [6.07, 6.45) is -3.70. The Hall–Kier alpha value is 0.240. The third-order valence-corrected chi connectivity index (χ3v) is 1.81. The molecule has 9 heteroatoms. The summed E-state index contributed by atoms with van der Waals surface area (Å²) in [4.78, 5) is 9.73. The molecule has 0 heterocycles. The van der Waals surface area contributed by atoms with Gasteiger partial charge < -0.3 is 9.66 Å². The second-order valence-corrected chi connectivity index (χ2v) is 3.08. The minimum Gasteiger partial charge on any atom is -0.747 e. The van der Waals surface area contributed by atoms with Crippen LogP contribution in [0.5, 0.6) is 0 Å². The van der Waals surface area contributed by atoms with E-state index in [0.29, 0.717) is 0 Å². The molecular weight excluding hydrogens is 209 g/mol. The Morgan fingerprint density at radius 3 is 1.75 bits per heavy atom. The fourth-order valence-corrected chi connectivity index (χ4v) is 0.856. The van der Waals surface area contributed by atoms with Crippen molar-refractivity contribution in [2.45, 2.75) is 11.7 Å². The van der Waals surface area contributed by atoms with Gasteiger partial charge in [-0.25, -0.2) is 17.2 Å². The molecule has 1 atom stereocenters. The Labute approximate surface area is 88.8 Å². The first-order valence-electron chi connectivity index (χ1n) is 2.22. The van der Waals surface area contributed by atoms with Crippen molar-refractivity contribution in [1.82, 2.24) is 0 Å². The van der Waals surface area contributed by atoms with Crippen LogP contribution in [0.3, 0.4) is 0 Å². The van der Waals surface area contributed by atoms with Crippen molar-refractivity contribution in [3.63, 3.8) is 0 Å². The summed E-state index contributed by atoms with van der Waals surface area (Å²) in [5.74, 6) is -2.34. The summed E-state index contributed by atoms with van der Waals surface area (Å²) >= 11 is 0. The third-order valence-electron chi connectivity index (χ3n) is 0.783. The van der Waals surface area contributed by atoms with Gasteiger partial charge in [0.2, 0.25) is 5.25 Å². The molecule has 0 rings (SSSR count). The number of alkyl halides is 2. The molecule has 0 aliphatic rings. The molecule has 66 valence electrons. The van der Waals surface area contributed by atoms with Gasteiger partial charge in [-0.15, -0.1) is 0 Å². The van der Waals surface area contributed by atoms with Crippen LogP contribution >= 0.6 is 0 Å². The Bertz CT molecular complexity index is 249. The number of carbonyl (C=O) groups is 1. The zero-order chi connectivity index (χ0) is 9.23. The molecule has 12 heavy (non-hydrogen) atoms. The Morgan fingerprint density at radius 2 is 1.75 bits per heavy atom. The molecule has 0 aromatic heterocycles. The maximum Gasteiger partial charge on any atom is 1.00 e. The molecule has 0 aliphatic carbocycles. The van der Waals surface area contributed by atoms with Crippen LogP contribution in [0.25, 0.3) is 0 Å². The van der Waals surface area contributed by atoms with Gasteiger partial charge >= 0.3 is 35.5 Å². The summed E-state index contributed by atoms with van der Waals surface area (Å²) in [5, 5.41) is 4.66. The van der Waals surface area contributed by atoms with E-state index in [0.717, 1.165) is 0 Å². The number of hydrogen-bond donors (Lipinski definition) is 1. The van der Waals surface area contributed by atoms with E-state index < -0.39 is 27.8 Å². The number of halogens is 2. The molecule has 0 saturated carbocycles. The number of aliphatic carboxylic acids is 1. The van der Waals surface area contributed by atoms with E-state index in [-0.39, 0.29) is 29.6 Å². The SMILES string of the molecule is O=C(O)C(C(F)F)S(=O)(=O)[O-].[Na+]. The van der Waals surface area contributed by atoms with Crippen LogP contribution in [0.1, 0.15) is 0 Å². The van der Waals surface area contributed by atoms with Crippen molar-refractivity contribution < 1.29 is 61.2 Å². The van der Waals surface area contributed by atoms with Crippen LogP contribution < -0.4 is 29.6 Å². The first kappa shape index (κ1) is 14.7. The van der Waals surface area contributed by atoms with Gasteiger partial charge in [0, 0.05) is 0 Å². The van der Waals surface area contributed by atoms with Gasteiger partial charge in [-0.1, -0.05) is 0 Å². The van der Waals surface area contributed by atoms with Gasteiger partial charge in [-0.3, -0.25) is 4.79 Å². The molecule has 0 aromatic carbocycles. The van der Waals surface area contributed by atoms with E-state index in [9.17, 15) is 26.5 Å². The smallest absolute Gasteiger partial charge is 0.747 e. The predicted molar refractivity (Wildman–Crippen MR) is 27.1 cm³/mol. The van der Waals surface area contributed by atoms with Crippen molar-refractivity contribution in [1.29, 1.82) is 0 Å². The summed E-state index contributed by atoms with van der Waals surface area (Å²) in [6.45, 7) is 0. The first-order chi connectivity index (χ1) is 4.76. The topological polar surface area (TPSA) is 94.5 Å². The number of carboxylic acids is 1. The second-order valence-electron chi connectivity index (χ2n) is 1.59. The molecule has 0 spiro atoms. The molecular formula is C3H3F2NaO5S. The molecule has 1 N–H and O–H groups in total. The molecule has 0 fully saturated rings. The molecule has 0 bridgehead atoms. The Morgan fingerprint density at radius 1 is 1.42 bits per heavy atom. The maximum atomic E-state index is 11.5. The van der Waals surface area contributed by atoms with E-state index in [2.05, 4.69) is 0 Å². The van der Waals surface area contributed by atoms with E-state index >= 15 is 0 Å². The van der Waals surface area contributed by atoms with E-state index in [1.54, 1.807) is 0 Å². The zero-order valence-corrected chi connectivity index (χ0v) is 8.72. The van der Waals surface area contributed by atoms with Crippen LogP contribution in [0.2, 0.25) is 0 Å². The Balaban J connectivity index is 0. The van der Waals surface area contributed by atoms with Crippen molar-refractivity contribution >= 4 is 16.1 Å². The average Bonchev–Trinajstić information content (AvgIpc) is 1.54. The van der Waals surface area contributed by atoms with Crippen LogP contribution in [-0.2, 0) is 14.9 Å². The quantitative estimate of drug-likeness (QED) is 0.383. The van der Waals surface area contributed by atoms with Crippen molar-refractivity contribution in [3.05, 3.63) is 0 Å². The fourth-order valence-electron chi connectivity index (χ4n) is 0.357. The van der Waals surface area contributed by atoms with E-state index in [4.69, 9.17) is 5.11 Å². The van der Waals surface area contributed by atoms with Gasteiger partial charge in [0.1, 0.15) is 10.1 Å². The third kappa shape index (κ3) is 4.31. The maximum absolute atomic E-state index is 11.5. The summed E-state index contributed by atoms with van der Waals surface area (Å²) in [7, 11) is -5.46. The summed E-state index contributed by atoms with van der Waals surface area (Å²) in [6, 6.07) is 0. The largest absolute Gasteiger partial charge is 1.00 e. The molecule has 1 unspecified atom stereocenters. The molecule has 0 aromatic rings. The number of rotatable bonds is 3. The summed E-state index contributed by atoms with van der Waals surface area (Å²) < 4.78 is 52.4. The number of carboxylic acid groups (broad SMARTS) is 1. The van der Waals surface area contributed by atoms with Gasteiger partial charge in [-0.05, 0) is 0 Å².